The number of carbonyl (C=O) groups is 5. The number of aliphatic hydroxyl groups is 3. The van der Waals surface area contributed by atoms with Crippen molar-refractivity contribution in [3.05, 3.63) is 47.6 Å². The third-order valence-corrected chi connectivity index (χ3v) is 17.7. The maximum absolute atomic E-state index is 14.5. The van der Waals surface area contributed by atoms with Crippen molar-refractivity contribution in [1.82, 2.24) is 9.21 Å². The fourth-order valence-corrected chi connectivity index (χ4v) is 13.0. The van der Waals surface area contributed by atoms with Crippen molar-refractivity contribution in [3.8, 4) is 0 Å². The number of ether oxygens (including phenoxy) is 4. The summed E-state index contributed by atoms with van der Waals surface area (Å²) in [6, 6.07) is -1.87. The summed E-state index contributed by atoms with van der Waals surface area (Å²) in [6.45, 7) is 12.7. The van der Waals surface area contributed by atoms with Crippen LogP contribution in [0.1, 0.15) is 132 Å². The van der Waals surface area contributed by atoms with E-state index >= 15 is 0 Å². The first kappa shape index (κ1) is 57.5. The van der Waals surface area contributed by atoms with Gasteiger partial charge in [0.25, 0.3) is 11.7 Å². The van der Waals surface area contributed by atoms with Gasteiger partial charge in [-0.1, -0.05) is 76.6 Å². The van der Waals surface area contributed by atoms with Crippen LogP contribution in [0.3, 0.4) is 0 Å². The zero-order chi connectivity index (χ0) is 51.7. The molecular weight excluding hydrogens is 921 g/mol. The number of aliphatic hydroxyl groups excluding tert-OH is 2. The molecule has 15 atom stereocenters. The fourth-order valence-electron chi connectivity index (χ4n) is 11.2. The van der Waals surface area contributed by atoms with Crippen molar-refractivity contribution in [1.29, 1.82) is 0 Å². The first-order valence-electron chi connectivity index (χ1n) is 25.7. The topological polar surface area (TPSA) is 224 Å². The Balaban J connectivity index is 1.51. The molecule has 70 heavy (non-hydrogen) atoms. The van der Waals surface area contributed by atoms with Crippen LogP contribution in [-0.4, -0.2) is 150 Å². The lowest BCUT2D eigenvalue weighted by atomic mass is 9.78. The molecule has 1 amide bonds. The molecule has 0 radical (unpaired) electrons. The van der Waals surface area contributed by atoms with Crippen LogP contribution in [0.25, 0.3) is 0 Å². The van der Waals surface area contributed by atoms with Crippen LogP contribution in [0.2, 0.25) is 0 Å². The number of hydrogen-bond acceptors (Lipinski definition) is 14. The highest BCUT2D eigenvalue weighted by Gasteiger charge is 2.53. The summed E-state index contributed by atoms with van der Waals surface area (Å²) in [5, 5.41) is 34.1. The van der Waals surface area contributed by atoms with E-state index in [4.69, 9.17) is 18.9 Å². The summed E-state index contributed by atoms with van der Waals surface area (Å²) < 4.78 is 51.8. The predicted molar refractivity (Wildman–Crippen MR) is 263 cm³/mol. The molecule has 3 saturated heterocycles. The summed E-state index contributed by atoms with van der Waals surface area (Å²) in [4.78, 5) is 72.4. The van der Waals surface area contributed by atoms with Crippen LogP contribution >= 0.6 is 0 Å². The van der Waals surface area contributed by atoms with Gasteiger partial charge in [0, 0.05) is 57.5 Å². The van der Waals surface area contributed by atoms with Gasteiger partial charge in [0.1, 0.15) is 30.1 Å². The lowest BCUT2D eigenvalue weighted by molar-refractivity contribution is -0.264. The first-order chi connectivity index (χ1) is 33.0. The molecular formula is C53H82N2O14S. The van der Waals surface area contributed by atoms with Crippen LogP contribution < -0.4 is 0 Å². The molecule has 2 bridgehead atoms. The van der Waals surface area contributed by atoms with Gasteiger partial charge in [0.2, 0.25) is 15.8 Å². The second kappa shape index (κ2) is 25.5. The minimum absolute atomic E-state index is 0.0110. The molecule has 16 nitrogen and oxygen atoms in total. The van der Waals surface area contributed by atoms with E-state index < -0.39 is 93.8 Å². The molecule has 0 aromatic rings. The van der Waals surface area contributed by atoms with Crippen molar-refractivity contribution < 1.29 is 66.7 Å². The summed E-state index contributed by atoms with van der Waals surface area (Å²) in [7, 11) is -0.706. The minimum atomic E-state index is -3.62. The Morgan fingerprint density at radius 2 is 1.57 bits per heavy atom. The highest BCUT2D eigenvalue weighted by atomic mass is 32.2. The highest BCUT2D eigenvalue weighted by Crippen LogP contribution is 2.39. The van der Waals surface area contributed by atoms with Crippen molar-refractivity contribution in [3.63, 3.8) is 0 Å². The quantitative estimate of drug-likeness (QED) is 0.168. The van der Waals surface area contributed by atoms with Gasteiger partial charge in [-0.25, -0.2) is 13.2 Å². The Hall–Kier alpha value is -3.42. The number of sulfonamides is 1. The number of piperidine rings is 1. The molecule has 0 spiro atoms. The van der Waals surface area contributed by atoms with Crippen molar-refractivity contribution in [2.24, 2.45) is 35.5 Å². The van der Waals surface area contributed by atoms with Crippen LogP contribution in [0, 0.1) is 35.5 Å². The number of Topliss-reactive ketones (excluding diaryl/α,β-unsaturated/α-hetero) is 3. The number of nitrogens with zero attached hydrogens (tertiary/aromatic N) is 2. The fraction of sp³-hybridized carbons (Fsp3) is 0.755. The van der Waals surface area contributed by atoms with E-state index in [9.17, 15) is 47.7 Å². The number of allylic oxidation sites excluding steroid dienone is 6. The summed E-state index contributed by atoms with van der Waals surface area (Å²) in [6.07, 6.45) is 10.6. The summed E-state index contributed by atoms with van der Waals surface area (Å²) in [5.41, 5.74) is 1.07. The van der Waals surface area contributed by atoms with E-state index in [2.05, 4.69) is 0 Å². The van der Waals surface area contributed by atoms with E-state index in [0.29, 0.717) is 75.4 Å². The second-order valence-electron chi connectivity index (χ2n) is 21.2. The smallest absolute Gasteiger partial charge is 0.329 e. The van der Waals surface area contributed by atoms with Crippen molar-refractivity contribution in [2.75, 3.05) is 33.1 Å². The summed E-state index contributed by atoms with van der Waals surface area (Å²) in [5.74, 6) is -8.65. The number of ketones is 3. The normalized spacial score (nSPS) is 40.5. The number of esters is 1. The molecule has 0 aromatic carbocycles. The van der Waals surface area contributed by atoms with Crippen molar-refractivity contribution >= 4 is 39.2 Å². The van der Waals surface area contributed by atoms with E-state index in [1.807, 2.05) is 45.1 Å². The van der Waals surface area contributed by atoms with Gasteiger partial charge >= 0.3 is 5.97 Å². The molecule has 17 heteroatoms. The average Bonchev–Trinajstić information content (AvgIpc) is 3.68. The van der Waals surface area contributed by atoms with Crippen LogP contribution in [0.15, 0.2) is 47.6 Å². The predicted octanol–water partition coefficient (Wildman–Crippen LogP) is 5.57. The van der Waals surface area contributed by atoms with Gasteiger partial charge in [-0.05, 0) is 114 Å². The number of rotatable bonds is 6. The molecule has 1 aliphatic carbocycles. The van der Waals surface area contributed by atoms with Gasteiger partial charge < -0.3 is 39.2 Å². The van der Waals surface area contributed by atoms with Crippen LogP contribution in [-0.2, 0) is 52.9 Å². The van der Waals surface area contributed by atoms with Crippen LogP contribution in [0.4, 0.5) is 0 Å². The molecule has 0 aromatic heterocycles. The number of cyclic esters (lactones) is 1. The molecule has 4 aliphatic heterocycles. The Kier molecular flexibility index (Phi) is 20.9. The number of amides is 1. The Bertz CT molecular complexity index is 2090. The SMILES string of the molecule is CO[C@@H]1C[C@H](C[C@@H](C)[C@@H]2CC(=O)[C@H](C)/C=C(\C)[C@@H](O)[C@@H](OC)C(=O)[C@H](C)C[C@H](C)/C=C/C=C/C=C(\C)C(N3CCCS3(=O)=O)C[C@@H]3CC[C@@H](C)[C@@](O)(O3)C(=O)C(=O)N3CCCC[C@H]3C(=O)O2)CC[C@H]1O. The standard InChI is InChI=1S/C53H82N2O14S/c1-32-16-11-10-12-17-33(2)42(55-24-15-25-70(55,64)65)30-40-21-19-38(7)53(63,69-40)50(60)51(61)54-23-14-13-18-41(54)52(62)68-45(35(4)28-39-20-22-43(56)46(29-39)66-8)31-44(57)34(3)27-37(6)48(59)49(67-9)47(58)36(5)26-32/h10-12,16-17,27,32,34-36,38-43,45-46,48-49,56,59,63H,13-15,18-26,28-31H2,1-9H3/b12-10+,16-11+,33-17+,37-27+/t32-,34-,35-,36-,38-,39+,40+,41+,42?,43-,45+,46-,48-,49+,53-/m1/s1. The van der Waals surface area contributed by atoms with Crippen molar-refractivity contribution in [2.45, 2.75) is 186 Å². The highest BCUT2D eigenvalue weighted by molar-refractivity contribution is 7.89. The van der Waals surface area contributed by atoms with E-state index in [0.717, 1.165) is 4.90 Å². The molecule has 1 unspecified atom stereocenters. The van der Waals surface area contributed by atoms with Gasteiger partial charge in [0.05, 0.1) is 24.1 Å². The number of hydrogen-bond donors (Lipinski definition) is 3. The molecule has 3 N–H and O–H groups in total. The zero-order valence-electron chi connectivity index (χ0n) is 43.0. The first-order valence-corrected chi connectivity index (χ1v) is 27.3. The van der Waals surface area contributed by atoms with Crippen LogP contribution in [0.5, 0.6) is 0 Å². The minimum Gasteiger partial charge on any atom is -0.460 e. The Labute approximate surface area is 416 Å². The second-order valence-corrected chi connectivity index (χ2v) is 23.2. The monoisotopic (exact) mass is 1000 g/mol. The van der Waals surface area contributed by atoms with E-state index in [1.165, 1.54) is 11.4 Å². The van der Waals surface area contributed by atoms with Gasteiger partial charge in [-0.15, -0.1) is 0 Å². The third kappa shape index (κ3) is 14.2. The van der Waals surface area contributed by atoms with Gasteiger partial charge in [-0.3, -0.25) is 19.2 Å². The zero-order valence-corrected chi connectivity index (χ0v) is 43.8. The maximum atomic E-state index is 14.5. The molecule has 5 aliphatic rings. The third-order valence-electron chi connectivity index (χ3n) is 15.7. The number of methoxy groups -OCH3 is 2. The number of fused-ring (bicyclic) bond motifs is 3. The van der Waals surface area contributed by atoms with Gasteiger partial charge in [0.15, 0.2) is 5.78 Å². The molecule has 4 heterocycles. The molecule has 394 valence electrons. The molecule has 5 rings (SSSR count). The Morgan fingerprint density at radius 3 is 2.24 bits per heavy atom. The Morgan fingerprint density at radius 1 is 0.843 bits per heavy atom. The van der Waals surface area contributed by atoms with Gasteiger partial charge in [-0.2, -0.15) is 4.31 Å². The number of carbonyl (C=O) groups excluding carboxylic acids is 5. The average molecular weight is 1000 g/mol. The summed E-state index contributed by atoms with van der Waals surface area (Å²) >= 11 is 0. The molecule has 1 saturated carbocycles. The lowest BCUT2D eigenvalue weighted by Gasteiger charge is -2.43. The van der Waals surface area contributed by atoms with E-state index in [1.54, 1.807) is 47.0 Å². The largest absolute Gasteiger partial charge is 0.460 e. The maximum Gasteiger partial charge on any atom is 0.329 e. The lowest BCUT2D eigenvalue weighted by Crippen LogP contribution is -2.61. The molecule has 4 fully saturated rings. The van der Waals surface area contributed by atoms with E-state index in [-0.39, 0.29) is 73.5 Å².